The molecule has 0 radical (unpaired) electrons. The molecular formula is C22H28N4O5S. The first-order chi connectivity index (χ1) is 15.5. The van der Waals surface area contributed by atoms with Crippen molar-refractivity contribution in [2.45, 2.75) is 23.8 Å². The second-order valence-electron chi connectivity index (χ2n) is 7.38. The average molecular weight is 461 g/mol. The fraction of sp³-hybridized carbons (Fsp3) is 0.364. The fourth-order valence-corrected chi connectivity index (χ4v) is 5.26. The van der Waals surface area contributed by atoms with Crippen molar-refractivity contribution in [2.24, 2.45) is 0 Å². The van der Waals surface area contributed by atoms with Crippen molar-refractivity contribution in [1.29, 1.82) is 0 Å². The van der Waals surface area contributed by atoms with Gasteiger partial charge in [-0.3, -0.25) is 9.78 Å². The van der Waals surface area contributed by atoms with Crippen molar-refractivity contribution < 1.29 is 23.1 Å². The van der Waals surface area contributed by atoms with E-state index < -0.39 is 10.0 Å². The molecule has 0 aliphatic carbocycles. The molecule has 0 bridgehead atoms. The summed E-state index contributed by atoms with van der Waals surface area (Å²) in [5.41, 5.74) is 3.14. The quantitative estimate of drug-likeness (QED) is 0.515. The van der Waals surface area contributed by atoms with Crippen LogP contribution in [0.1, 0.15) is 12.0 Å². The molecule has 0 amide bonds. The number of methoxy groups -OCH3 is 1. The fourth-order valence-electron chi connectivity index (χ4n) is 3.85. The number of aromatic nitrogens is 2. The van der Waals surface area contributed by atoms with Gasteiger partial charge in [-0.15, -0.1) is 0 Å². The second kappa shape index (κ2) is 10.6. The Kier molecular flexibility index (Phi) is 7.84. The van der Waals surface area contributed by atoms with E-state index >= 15 is 0 Å². The van der Waals surface area contributed by atoms with Crippen molar-refractivity contribution in [1.82, 2.24) is 14.3 Å². The number of carboxylic acid groups (broad SMARTS) is 1. The van der Waals surface area contributed by atoms with Crippen LogP contribution in [0.15, 0.2) is 53.7 Å². The molecule has 1 aliphatic rings. The first-order valence-corrected chi connectivity index (χ1v) is 11.7. The molecule has 2 aromatic heterocycles. The maximum Gasteiger partial charge on any atom is 0.290 e. The predicted octanol–water partition coefficient (Wildman–Crippen LogP) is 1.96. The molecular weight excluding hydrogens is 432 g/mol. The number of ether oxygens (including phenoxy) is 1. The number of hydrogen-bond acceptors (Lipinski definition) is 7. The Bertz CT molecular complexity index is 1160. The summed E-state index contributed by atoms with van der Waals surface area (Å²) in [7, 11) is -0.152. The normalized spacial score (nSPS) is 16.1. The van der Waals surface area contributed by atoms with Crippen molar-refractivity contribution in [3.63, 3.8) is 0 Å². The van der Waals surface area contributed by atoms with Gasteiger partial charge in [0.15, 0.2) is 0 Å². The van der Waals surface area contributed by atoms with E-state index in [1.807, 2.05) is 13.1 Å². The van der Waals surface area contributed by atoms with Gasteiger partial charge in [0.25, 0.3) is 16.5 Å². The molecule has 10 heteroatoms. The van der Waals surface area contributed by atoms with Crippen LogP contribution in [0.2, 0.25) is 0 Å². The van der Waals surface area contributed by atoms with Gasteiger partial charge in [-0.05, 0) is 62.3 Å². The third-order valence-corrected chi connectivity index (χ3v) is 7.13. The maximum absolute atomic E-state index is 13.5. The smallest absolute Gasteiger partial charge is 0.290 e. The molecule has 3 heterocycles. The molecule has 0 unspecified atom stereocenters. The number of nitrogens with zero attached hydrogens (tertiary/aromatic N) is 3. The van der Waals surface area contributed by atoms with E-state index in [1.165, 1.54) is 3.97 Å². The lowest BCUT2D eigenvalue weighted by Gasteiger charge is -2.19. The summed E-state index contributed by atoms with van der Waals surface area (Å²) in [4.78, 5) is 15.2. The minimum absolute atomic E-state index is 0.185. The third-order valence-electron chi connectivity index (χ3n) is 5.46. The van der Waals surface area contributed by atoms with E-state index in [9.17, 15) is 8.42 Å². The van der Waals surface area contributed by atoms with Gasteiger partial charge in [0.2, 0.25) is 0 Å². The Labute approximate surface area is 187 Å². The summed E-state index contributed by atoms with van der Waals surface area (Å²) in [6, 6.07) is 10.7. The Morgan fingerprint density at radius 2 is 2.09 bits per heavy atom. The van der Waals surface area contributed by atoms with Crippen LogP contribution in [-0.4, -0.2) is 68.8 Å². The second-order valence-corrected chi connectivity index (χ2v) is 9.19. The molecule has 1 aromatic carbocycles. The van der Waals surface area contributed by atoms with Crippen LogP contribution < -0.4 is 10.2 Å². The lowest BCUT2D eigenvalue weighted by atomic mass is 10.2. The van der Waals surface area contributed by atoms with Gasteiger partial charge in [0.05, 0.1) is 22.0 Å². The highest BCUT2D eigenvalue weighted by Gasteiger charge is 2.25. The van der Waals surface area contributed by atoms with Crippen LogP contribution in [0.25, 0.3) is 11.0 Å². The topological polar surface area (TPSA) is 114 Å². The van der Waals surface area contributed by atoms with E-state index in [0.717, 1.165) is 42.8 Å². The summed E-state index contributed by atoms with van der Waals surface area (Å²) in [6.07, 6.45) is 5.23. The zero-order valence-electron chi connectivity index (χ0n) is 18.1. The summed E-state index contributed by atoms with van der Waals surface area (Å²) in [5.74, 6) is 0. The maximum atomic E-state index is 13.5. The Morgan fingerprint density at radius 1 is 1.31 bits per heavy atom. The molecule has 4 rings (SSSR count). The first kappa shape index (κ1) is 23.7. The minimum atomic E-state index is -3.74. The number of hydrogen-bond donors (Lipinski definition) is 2. The number of pyridine rings is 1. The van der Waals surface area contributed by atoms with Crippen molar-refractivity contribution in [3.8, 4) is 0 Å². The van der Waals surface area contributed by atoms with Crippen LogP contribution in [0, 0.1) is 0 Å². The minimum Gasteiger partial charge on any atom is -0.483 e. The van der Waals surface area contributed by atoms with E-state index in [4.69, 9.17) is 14.6 Å². The van der Waals surface area contributed by atoms with Crippen molar-refractivity contribution in [3.05, 3.63) is 54.4 Å². The number of nitrogens with one attached hydrogen (secondary N) is 1. The Morgan fingerprint density at radius 3 is 2.78 bits per heavy atom. The zero-order valence-corrected chi connectivity index (χ0v) is 19.0. The summed E-state index contributed by atoms with van der Waals surface area (Å²) < 4.78 is 33.8. The summed E-state index contributed by atoms with van der Waals surface area (Å²) in [6.45, 7) is 2.12. The number of likely N-dealkylation sites (N-methyl/N-ethyl adjacent to an activating group) is 1. The van der Waals surface area contributed by atoms with Crippen LogP contribution in [-0.2, 0) is 26.0 Å². The first-order valence-electron chi connectivity index (χ1n) is 10.3. The monoisotopic (exact) mass is 460 g/mol. The highest BCUT2D eigenvalue weighted by Crippen LogP contribution is 2.28. The van der Waals surface area contributed by atoms with Gasteiger partial charge in [-0.2, -0.15) is 0 Å². The highest BCUT2D eigenvalue weighted by molar-refractivity contribution is 7.90. The van der Waals surface area contributed by atoms with Crippen LogP contribution in [0.4, 0.5) is 5.69 Å². The van der Waals surface area contributed by atoms with Gasteiger partial charge < -0.3 is 20.1 Å². The van der Waals surface area contributed by atoms with E-state index in [-0.39, 0.29) is 17.5 Å². The molecule has 172 valence electrons. The largest absolute Gasteiger partial charge is 0.483 e. The number of carbonyl (C=O) groups is 1. The Hall–Kier alpha value is -2.95. The molecule has 0 saturated carbocycles. The summed E-state index contributed by atoms with van der Waals surface area (Å²) in [5, 5.41) is 9.99. The van der Waals surface area contributed by atoms with E-state index in [2.05, 4.69) is 15.2 Å². The third kappa shape index (κ3) is 4.93. The van der Waals surface area contributed by atoms with E-state index in [0.29, 0.717) is 11.9 Å². The van der Waals surface area contributed by atoms with Crippen LogP contribution in [0.3, 0.4) is 0 Å². The number of rotatable bonds is 7. The molecule has 1 atom stereocenters. The standard InChI is InChI=1S/C21H26N4O3S.CH2O2/c1-22-11-8-16-14-25(20-7-4-10-23-21(16)20)29(26,27)19-6-3-5-17(13-19)24-12-9-18(15-24)28-2;2-1-3/h3-7,10,13-14,18,22H,8-9,11-12,15H2,1-2H3;1H,(H,2,3)/t18-;/m1./s1. The zero-order chi connectivity index (χ0) is 23.1. The van der Waals surface area contributed by atoms with Crippen molar-refractivity contribution in [2.75, 3.05) is 38.7 Å². The molecule has 1 fully saturated rings. The number of benzene rings is 1. The molecule has 9 nitrogen and oxygen atoms in total. The SMILES string of the molecule is CNCCc1cn(S(=O)(=O)c2cccc(N3CC[C@@H](OC)C3)c2)c2cccnc12.O=CO. The van der Waals surface area contributed by atoms with Gasteiger partial charge >= 0.3 is 0 Å². The molecule has 32 heavy (non-hydrogen) atoms. The number of fused-ring (bicyclic) bond motifs is 1. The van der Waals surface area contributed by atoms with E-state index in [1.54, 1.807) is 49.8 Å². The van der Waals surface area contributed by atoms with Gasteiger partial charge in [0.1, 0.15) is 0 Å². The van der Waals surface area contributed by atoms with Gasteiger partial charge in [-0.25, -0.2) is 12.4 Å². The van der Waals surface area contributed by atoms with Crippen LogP contribution in [0.5, 0.6) is 0 Å². The molecule has 1 saturated heterocycles. The lowest BCUT2D eigenvalue weighted by Crippen LogP contribution is -2.22. The molecule has 3 aromatic rings. The molecule has 1 aliphatic heterocycles. The number of anilines is 1. The molecule has 0 spiro atoms. The predicted molar refractivity (Wildman–Crippen MR) is 123 cm³/mol. The highest BCUT2D eigenvalue weighted by atomic mass is 32.2. The van der Waals surface area contributed by atoms with Crippen molar-refractivity contribution >= 4 is 33.2 Å². The van der Waals surface area contributed by atoms with Crippen LogP contribution >= 0.6 is 0 Å². The summed E-state index contributed by atoms with van der Waals surface area (Å²) >= 11 is 0. The lowest BCUT2D eigenvalue weighted by molar-refractivity contribution is -0.122. The van der Waals surface area contributed by atoms with Gasteiger partial charge in [0, 0.05) is 38.3 Å². The average Bonchev–Trinajstić information content (AvgIpc) is 3.44. The molecule has 2 N–H and O–H groups in total. The Balaban J connectivity index is 0.000000913. The van der Waals surface area contributed by atoms with Gasteiger partial charge in [-0.1, -0.05) is 6.07 Å².